The standard InChI is InChI=1S/C14H18N2O2/c1-11-5-6-13(12(2)9-11)10-18-14(17)16(3)8-4-7-15/h5-6,9H,4,8,10H2,1-3H3. The summed E-state index contributed by atoms with van der Waals surface area (Å²) < 4.78 is 5.19. The summed E-state index contributed by atoms with van der Waals surface area (Å²) in [5.74, 6) is 0. The van der Waals surface area contributed by atoms with E-state index in [0.29, 0.717) is 13.0 Å². The lowest BCUT2D eigenvalue weighted by atomic mass is 10.1. The molecule has 0 heterocycles. The van der Waals surface area contributed by atoms with E-state index in [9.17, 15) is 4.79 Å². The van der Waals surface area contributed by atoms with Crippen molar-refractivity contribution in [3.05, 3.63) is 34.9 Å². The van der Waals surface area contributed by atoms with Gasteiger partial charge in [0.2, 0.25) is 0 Å². The van der Waals surface area contributed by atoms with E-state index in [4.69, 9.17) is 10.00 Å². The van der Waals surface area contributed by atoms with Gasteiger partial charge in [0.05, 0.1) is 12.5 Å². The largest absolute Gasteiger partial charge is 0.445 e. The molecule has 0 fully saturated rings. The minimum atomic E-state index is -0.398. The summed E-state index contributed by atoms with van der Waals surface area (Å²) in [6.07, 6.45) is -0.0833. The van der Waals surface area contributed by atoms with Gasteiger partial charge in [-0.1, -0.05) is 23.8 Å². The maximum absolute atomic E-state index is 11.6. The predicted octanol–water partition coefficient (Wildman–Crippen LogP) is 2.79. The number of rotatable bonds is 4. The summed E-state index contributed by atoms with van der Waals surface area (Å²) in [7, 11) is 1.63. The van der Waals surface area contributed by atoms with E-state index < -0.39 is 6.09 Å². The van der Waals surface area contributed by atoms with Gasteiger partial charge in [0.1, 0.15) is 6.61 Å². The molecular weight excluding hydrogens is 228 g/mol. The zero-order valence-corrected chi connectivity index (χ0v) is 11.1. The molecule has 1 aromatic rings. The van der Waals surface area contributed by atoms with Crippen LogP contribution >= 0.6 is 0 Å². The fourth-order valence-electron chi connectivity index (χ4n) is 1.57. The lowest BCUT2D eigenvalue weighted by Crippen LogP contribution is -2.28. The van der Waals surface area contributed by atoms with E-state index in [1.165, 1.54) is 10.5 Å². The molecule has 1 amide bonds. The van der Waals surface area contributed by atoms with E-state index in [1.807, 2.05) is 32.0 Å². The van der Waals surface area contributed by atoms with Crippen molar-refractivity contribution in [3.8, 4) is 6.07 Å². The second-order valence-electron chi connectivity index (χ2n) is 4.31. The van der Waals surface area contributed by atoms with Gasteiger partial charge in [-0.05, 0) is 25.0 Å². The molecule has 4 nitrogen and oxygen atoms in total. The third kappa shape index (κ3) is 4.10. The van der Waals surface area contributed by atoms with Crippen LogP contribution in [0.3, 0.4) is 0 Å². The molecule has 0 radical (unpaired) electrons. The van der Waals surface area contributed by atoms with Crippen molar-refractivity contribution in [1.82, 2.24) is 4.90 Å². The van der Waals surface area contributed by atoms with Crippen molar-refractivity contribution in [2.75, 3.05) is 13.6 Å². The molecule has 0 aromatic heterocycles. The monoisotopic (exact) mass is 246 g/mol. The second-order valence-corrected chi connectivity index (χ2v) is 4.31. The molecule has 18 heavy (non-hydrogen) atoms. The maximum Gasteiger partial charge on any atom is 0.409 e. The Morgan fingerprint density at radius 3 is 2.78 bits per heavy atom. The number of hydrogen-bond acceptors (Lipinski definition) is 3. The number of hydrogen-bond donors (Lipinski definition) is 0. The lowest BCUT2D eigenvalue weighted by Gasteiger charge is -2.16. The highest BCUT2D eigenvalue weighted by atomic mass is 16.6. The fraction of sp³-hybridized carbons (Fsp3) is 0.429. The number of benzene rings is 1. The molecule has 0 aliphatic heterocycles. The van der Waals surface area contributed by atoms with Gasteiger partial charge < -0.3 is 9.64 Å². The van der Waals surface area contributed by atoms with E-state index in [2.05, 4.69) is 6.07 Å². The number of amides is 1. The highest BCUT2D eigenvalue weighted by molar-refractivity contribution is 5.67. The van der Waals surface area contributed by atoms with Crippen LogP contribution in [0.1, 0.15) is 23.1 Å². The molecule has 0 aliphatic carbocycles. The normalized spacial score (nSPS) is 9.67. The Kier molecular flexibility index (Phi) is 5.19. The molecule has 0 N–H and O–H groups in total. The number of nitriles is 1. The van der Waals surface area contributed by atoms with Crippen LogP contribution in [-0.2, 0) is 11.3 Å². The molecule has 1 aromatic carbocycles. The molecule has 0 saturated heterocycles. The summed E-state index contributed by atoms with van der Waals surface area (Å²) in [5, 5.41) is 8.44. The summed E-state index contributed by atoms with van der Waals surface area (Å²) in [5.41, 5.74) is 3.30. The van der Waals surface area contributed by atoms with E-state index >= 15 is 0 Å². The number of nitrogens with zero attached hydrogens (tertiary/aromatic N) is 2. The smallest absolute Gasteiger partial charge is 0.409 e. The minimum absolute atomic E-state index is 0.266. The summed E-state index contributed by atoms with van der Waals surface area (Å²) >= 11 is 0. The Morgan fingerprint density at radius 1 is 1.44 bits per heavy atom. The van der Waals surface area contributed by atoms with Gasteiger partial charge in [0.15, 0.2) is 0 Å². The van der Waals surface area contributed by atoms with Crippen molar-refractivity contribution < 1.29 is 9.53 Å². The van der Waals surface area contributed by atoms with Gasteiger partial charge >= 0.3 is 6.09 Å². The zero-order valence-electron chi connectivity index (χ0n) is 11.1. The van der Waals surface area contributed by atoms with Crippen molar-refractivity contribution in [2.24, 2.45) is 0 Å². The number of aryl methyl sites for hydroxylation is 2. The van der Waals surface area contributed by atoms with Crippen molar-refractivity contribution in [1.29, 1.82) is 5.26 Å². The molecule has 0 spiro atoms. The van der Waals surface area contributed by atoms with E-state index in [1.54, 1.807) is 7.05 Å². The van der Waals surface area contributed by atoms with Crippen molar-refractivity contribution in [3.63, 3.8) is 0 Å². The summed E-state index contributed by atoms with van der Waals surface area (Å²) in [4.78, 5) is 13.0. The van der Waals surface area contributed by atoms with Crippen LogP contribution in [0.4, 0.5) is 4.79 Å². The summed E-state index contributed by atoms with van der Waals surface area (Å²) in [6.45, 7) is 4.68. The predicted molar refractivity (Wildman–Crippen MR) is 69.0 cm³/mol. The van der Waals surface area contributed by atoms with Crippen LogP contribution in [-0.4, -0.2) is 24.6 Å². The van der Waals surface area contributed by atoms with Crippen LogP contribution in [0.15, 0.2) is 18.2 Å². The highest BCUT2D eigenvalue weighted by Gasteiger charge is 2.10. The van der Waals surface area contributed by atoms with Gasteiger partial charge in [0.25, 0.3) is 0 Å². The lowest BCUT2D eigenvalue weighted by molar-refractivity contribution is 0.105. The number of carbonyl (C=O) groups is 1. The minimum Gasteiger partial charge on any atom is -0.445 e. The summed E-state index contributed by atoms with van der Waals surface area (Å²) in [6, 6.07) is 8.01. The second kappa shape index (κ2) is 6.65. The Hall–Kier alpha value is -2.02. The molecule has 0 bridgehead atoms. The quantitative estimate of drug-likeness (QED) is 0.820. The Labute approximate surface area is 108 Å². The van der Waals surface area contributed by atoms with Crippen LogP contribution in [0, 0.1) is 25.2 Å². The van der Waals surface area contributed by atoms with E-state index in [0.717, 1.165) is 11.1 Å². The zero-order chi connectivity index (χ0) is 13.5. The molecule has 1 rings (SSSR count). The molecule has 0 atom stereocenters. The van der Waals surface area contributed by atoms with Gasteiger partial charge in [-0.2, -0.15) is 5.26 Å². The third-order valence-electron chi connectivity index (χ3n) is 2.72. The van der Waals surface area contributed by atoms with Crippen LogP contribution < -0.4 is 0 Å². The average molecular weight is 246 g/mol. The first-order chi connectivity index (χ1) is 8.54. The number of ether oxygens (including phenoxy) is 1. The average Bonchev–Trinajstić information content (AvgIpc) is 2.34. The van der Waals surface area contributed by atoms with Crippen molar-refractivity contribution in [2.45, 2.75) is 26.9 Å². The molecule has 0 aliphatic rings. The van der Waals surface area contributed by atoms with Crippen LogP contribution in [0.25, 0.3) is 0 Å². The van der Waals surface area contributed by atoms with Crippen LogP contribution in [0.2, 0.25) is 0 Å². The first kappa shape index (κ1) is 14.0. The highest BCUT2D eigenvalue weighted by Crippen LogP contribution is 2.12. The number of carbonyl (C=O) groups excluding carboxylic acids is 1. The maximum atomic E-state index is 11.6. The first-order valence-corrected chi connectivity index (χ1v) is 5.85. The van der Waals surface area contributed by atoms with Crippen LogP contribution in [0.5, 0.6) is 0 Å². The molecule has 96 valence electrons. The molecule has 0 unspecified atom stereocenters. The molecule has 0 saturated carbocycles. The van der Waals surface area contributed by atoms with Gasteiger partial charge in [-0.25, -0.2) is 4.79 Å². The van der Waals surface area contributed by atoms with Crippen molar-refractivity contribution >= 4 is 6.09 Å². The fourth-order valence-corrected chi connectivity index (χ4v) is 1.57. The van der Waals surface area contributed by atoms with Gasteiger partial charge in [0, 0.05) is 13.6 Å². The molecular formula is C14H18N2O2. The van der Waals surface area contributed by atoms with Gasteiger partial charge in [-0.3, -0.25) is 0 Å². The Bertz CT molecular complexity index is 463. The SMILES string of the molecule is Cc1ccc(COC(=O)N(C)CCC#N)c(C)c1. The topological polar surface area (TPSA) is 53.3 Å². The Morgan fingerprint density at radius 2 is 2.17 bits per heavy atom. The van der Waals surface area contributed by atoms with Gasteiger partial charge in [-0.15, -0.1) is 0 Å². The Balaban J connectivity index is 2.50. The third-order valence-corrected chi connectivity index (χ3v) is 2.72. The van der Waals surface area contributed by atoms with E-state index in [-0.39, 0.29) is 6.61 Å². The first-order valence-electron chi connectivity index (χ1n) is 5.85. The molecule has 4 heteroatoms.